The lowest BCUT2D eigenvalue weighted by Gasteiger charge is -2.05. The van der Waals surface area contributed by atoms with Crippen molar-refractivity contribution >= 4 is 23.6 Å². The standard InChI is InChI=1S/C12H14N4OS/c1-9(17)13-11-14-12(18-2)15-16(11)8-10-6-4-3-5-7-10/h3-7H,8H2,1-2H3,(H,13,14,15,17). The Morgan fingerprint density at radius 3 is 2.72 bits per heavy atom. The number of thioether (sulfide) groups is 1. The van der Waals surface area contributed by atoms with Crippen LogP contribution >= 0.6 is 11.8 Å². The van der Waals surface area contributed by atoms with Gasteiger partial charge < -0.3 is 0 Å². The fourth-order valence-electron chi connectivity index (χ4n) is 1.52. The molecule has 0 saturated carbocycles. The Bertz CT molecular complexity index is 538. The molecular formula is C12H14N4OS. The molecule has 1 aromatic heterocycles. The molecule has 18 heavy (non-hydrogen) atoms. The molecular weight excluding hydrogens is 248 g/mol. The predicted octanol–water partition coefficient (Wildman–Crippen LogP) is 2.01. The number of anilines is 1. The van der Waals surface area contributed by atoms with Crippen molar-refractivity contribution in [2.45, 2.75) is 18.6 Å². The van der Waals surface area contributed by atoms with E-state index in [-0.39, 0.29) is 5.91 Å². The highest BCUT2D eigenvalue weighted by molar-refractivity contribution is 7.98. The van der Waals surface area contributed by atoms with E-state index in [1.165, 1.54) is 18.7 Å². The first-order valence-electron chi connectivity index (χ1n) is 5.49. The molecule has 94 valence electrons. The zero-order valence-electron chi connectivity index (χ0n) is 10.3. The summed E-state index contributed by atoms with van der Waals surface area (Å²) in [6.45, 7) is 2.05. The summed E-state index contributed by atoms with van der Waals surface area (Å²) in [5.74, 6) is 0.333. The zero-order chi connectivity index (χ0) is 13.0. The van der Waals surface area contributed by atoms with Gasteiger partial charge >= 0.3 is 0 Å². The average molecular weight is 262 g/mol. The minimum Gasteiger partial charge on any atom is -0.295 e. The molecule has 0 aliphatic rings. The number of aromatic nitrogens is 3. The highest BCUT2D eigenvalue weighted by atomic mass is 32.2. The quantitative estimate of drug-likeness (QED) is 0.856. The second kappa shape index (κ2) is 5.68. The summed E-state index contributed by atoms with van der Waals surface area (Å²) >= 11 is 1.45. The van der Waals surface area contributed by atoms with Gasteiger partial charge in [-0.15, -0.1) is 5.10 Å². The van der Waals surface area contributed by atoms with Crippen LogP contribution in [0.1, 0.15) is 12.5 Å². The van der Waals surface area contributed by atoms with Crippen LogP contribution in [-0.4, -0.2) is 26.9 Å². The Labute approximate surface area is 110 Å². The van der Waals surface area contributed by atoms with Gasteiger partial charge in [-0.25, -0.2) is 4.68 Å². The molecule has 1 aromatic carbocycles. The zero-order valence-corrected chi connectivity index (χ0v) is 11.1. The number of rotatable bonds is 4. The van der Waals surface area contributed by atoms with Gasteiger partial charge in [-0.3, -0.25) is 10.1 Å². The lowest BCUT2D eigenvalue weighted by Crippen LogP contribution is -2.13. The van der Waals surface area contributed by atoms with Crippen molar-refractivity contribution in [3.05, 3.63) is 35.9 Å². The number of benzene rings is 1. The maximum Gasteiger partial charge on any atom is 0.229 e. The van der Waals surface area contributed by atoms with Crippen molar-refractivity contribution in [2.24, 2.45) is 0 Å². The van der Waals surface area contributed by atoms with Crippen LogP contribution < -0.4 is 5.32 Å². The van der Waals surface area contributed by atoms with Crippen molar-refractivity contribution in [2.75, 3.05) is 11.6 Å². The molecule has 2 rings (SSSR count). The molecule has 5 nitrogen and oxygen atoms in total. The SMILES string of the molecule is CSc1nc(NC(C)=O)n(Cc2ccccc2)n1. The topological polar surface area (TPSA) is 59.8 Å². The normalized spacial score (nSPS) is 10.3. The van der Waals surface area contributed by atoms with Crippen molar-refractivity contribution < 1.29 is 4.79 Å². The van der Waals surface area contributed by atoms with Gasteiger partial charge in [-0.05, 0) is 11.8 Å². The van der Waals surface area contributed by atoms with Crippen molar-refractivity contribution in [3.8, 4) is 0 Å². The summed E-state index contributed by atoms with van der Waals surface area (Å²) in [4.78, 5) is 15.4. The number of hydrogen-bond acceptors (Lipinski definition) is 4. The summed E-state index contributed by atoms with van der Waals surface area (Å²) in [6, 6.07) is 9.93. The number of carbonyl (C=O) groups is 1. The van der Waals surface area contributed by atoms with Crippen molar-refractivity contribution in [1.29, 1.82) is 0 Å². The number of nitrogens with zero attached hydrogens (tertiary/aromatic N) is 3. The second-order valence-electron chi connectivity index (χ2n) is 3.75. The summed E-state index contributed by atoms with van der Waals surface area (Å²) in [5.41, 5.74) is 1.11. The Morgan fingerprint density at radius 2 is 2.11 bits per heavy atom. The molecule has 0 saturated heterocycles. The van der Waals surface area contributed by atoms with Gasteiger partial charge in [0.05, 0.1) is 6.54 Å². The Morgan fingerprint density at radius 1 is 1.39 bits per heavy atom. The lowest BCUT2D eigenvalue weighted by molar-refractivity contribution is -0.114. The molecule has 1 amide bonds. The fraction of sp³-hybridized carbons (Fsp3) is 0.250. The number of amides is 1. The third-order valence-corrected chi connectivity index (χ3v) is 2.84. The van der Waals surface area contributed by atoms with Crippen LogP contribution in [-0.2, 0) is 11.3 Å². The number of carbonyl (C=O) groups excluding carboxylic acids is 1. The minimum absolute atomic E-state index is 0.149. The van der Waals surface area contributed by atoms with Gasteiger partial charge in [0.2, 0.25) is 17.0 Å². The van der Waals surface area contributed by atoms with Crippen molar-refractivity contribution in [1.82, 2.24) is 14.8 Å². The third-order valence-electron chi connectivity index (χ3n) is 2.30. The van der Waals surface area contributed by atoms with E-state index >= 15 is 0 Å². The summed E-state index contributed by atoms with van der Waals surface area (Å²) in [7, 11) is 0. The first-order valence-corrected chi connectivity index (χ1v) is 6.72. The molecule has 1 heterocycles. The maximum atomic E-state index is 11.1. The van der Waals surface area contributed by atoms with E-state index in [4.69, 9.17) is 0 Å². The summed E-state index contributed by atoms with van der Waals surface area (Å²) in [5, 5.41) is 7.66. The van der Waals surface area contributed by atoms with Crippen molar-refractivity contribution in [3.63, 3.8) is 0 Å². The van der Waals surface area contributed by atoms with Gasteiger partial charge in [-0.2, -0.15) is 4.98 Å². The summed E-state index contributed by atoms with van der Waals surface area (Å²) < 4.78 is 1.70. The maximum absolute atomic E-state index is 11.1. The van der Waals surface area contributed by atoms with Crippen LogP contribution in [0.15, 0.2) is 35.5 Å². The Hall–Kier alpha value is -1.82. The highest BCUT2D eigenvalue weighted by Crippen LogP contribution is 2.15. The van der Waals surface area contributed by atoms with E-state index in [1.807, 2.05) is 36.6 Å². The van der Waals surface area contributed by atoms with E-state index in [0.29, 0.717) is 17.6 Å². The second-order valence-corrected chi connectivity index (χ2v) is 4.52. The molecule has 2 aromatic rings. The third kappa shape index (κ3) is 3.10. The van der Waals surface area contributed by atoms with E-state index in [0.717, 1.165) is 5.56 Å². The first kappa shape index (κ1) is 12.6. The van der Waals surface area contributed by atoms with Gasteiger partial charge in [0, 0.05) is 6.92 Å². The first-order chi connectivity index (χ1) is 8.69. The molecule has 0 aliphatic heterocycles. The van der Waals surface area contributed by atoms with Crippen LogP contribution in [0, 0.1) is 0 Å². The molecule has 0 fully saturated rings. The largest absolute Gasteiger partial charge is 0.295 e. The lowest BCUT2D eigenvalue weighted by atomic mass is 10.2. The van der Waals surface area contributed by atoms with Gasteiger partial charge in [0.15, 0.2) is 0 Å². The molecule has 0 bridgehead atoms. The molecule has 6 heteroatoms. The monoisotopic (exact) mass is 262 g/mol. The van der Waals surface area contributed by atoms with Crippen LogP contribution in [0.3, 0.4) is 0 Å². The predicted molar refractivity (Wildman–Crippen MR) is 71.7 cm³/mol. The van der Waals surface area contributed by atoms with Crippen LogP contribution in [0.4, 0.5) is 5.95 Å². The highest BCUT2D eigenvalue weighted by Gasteiger charge is 2.10. The minimum atomic E-state index is -0.149. The molecule has 1 N–H and O–H groups in total. The van der Waals surface area contributed by atoms with Crippen LogP contribution in [0.25, 0.3) is 0 Å². The van der Waals surface area contributed by atoms with Crippen LogP contribution in [0.5, 0.6) is 0 Å². The van der Waals surface area contributed by atoms with Gasteiger partial charge in [0.25, 0.3) is 0 Å². The van der Waals surface area contributed by atoms with E-state index in [9.17, 15) is 4.79 Å². The molecule has 0 atom stereocenters. The van der Waals surface area contributed by atoms with E-state index < -0.39 is 0 Å². The molecule has 0 radical (unpaired) electrons. The van der Waals surface area contributed by atoms with Gasteiger partial charge in [0.1, 0.15) is 0 Å². The van der Waals surface area contributed by atoms with E-state index in [1.54, 1.807) is 4.68 Å². The number of hydrogen-bond donors (Lipinski definition) is 1. The smallest absolute Gasteiger partial charge is 0.229 e. The van der Waals surface area contributed by atoms with Gasteiger partial charge in [-0.1, -0.05) is 42.1 Å². The Kier molecular flexibility index (Phi) is 3.99. The molecule has 0 unspecified atom stereocenters. The Balaban J connectivity index is 2.25. The molecule has 0 aliphatic carbocycles. The van der Waals surface area contributed by atoms with Crippen LogP contribution in [0.2, 0.25) is 0 Å². The summed E-state index contributed by atoms with van der Waals surface area (Å²) in [6.07, 6.45) is 1.90. The number of nitrogens with one attached hydrogen (secondary N) is 1. The average Bonchev–Trinajstić information content (AvgIpc) is 2.72. The fourth-order valence-corrected chi connectivity index (χ4v) is 1.88. The van der Waals surface area contributed by atoms with E-state index in [2.05, 4.69) is 15.4 Å². The molecule has 0 spiro atoms.